The van der Waals surface area contributed by atoms with E-state index < -0.39 is 5.82 Å². The first-order chi connectivity index (χ1) is 15.5. The smallest absolute Gasteiger partial charge is 0.254 e. The standard InChI is InChI=1S/C23H24FN5O3/c1-14-20(21(28-32-14)15-8-6-5-7-9-15)23-27-26-22(31-23)16-12-17(24)18(13-19(16)30-4)25-10-11-29(2)3/h5-9,12-13,25H,10-11H2,1-4H3. The number of methoxy groups -OCH3 is 1. The van der Waals surface area contributed by atoms with Crippen LogP contribution in [0.5, 0.6) is 5.75 Å². The van der Waals surface area contributed by atoms with Gasteiger partial charge in [0.25, 0.3) is 11.8 Å². The van der Waals surface area contributed by atoms with Gasteiger partial charge in [0.05, 0.1) is 18.4 Å². The molecule has 0 amide bonds. The second-order valence-corrected chi connectivity index (χ2v) is 7.50. The molecule has 2 aromatic heterocycles. The summed E-state index contributed by atoms with van der Waals surface area (Å²) in [7, 11) is 5.42. The number of hydrogen-bond acceptors (Lipinski definition) is 8. The fourth-order valence-electron chi connectivity index (χ4n) is 3.29. The first-order valence-corrected chi connectivity index (χ1v) is 10.1. The number of likely N-dealkylation sites (N-methyl/N-ethyl adjacent to an activating group) is 1. The van der Waals surface area contributed by atoms with E-state index in [2.05, 4.69) is 20.7 Å². The Morgan fingerprint density at radius 1 is 1.09 bits per heavy atom. The lowest BCUT2D eigenvalue weighted by atomic mass is 10.1. The summed E-state index contributed by atoms with van der Waals surface area (Å²) >= 11 is 0. The van der Waals surface area contributed by atoms with Crippen LogP contribution in [0.25, 0.3) is 34.2 Å². The van der Waals surface area contributed by atoms with E-state index >= 15 is 0 Å². The van der Waals surface area contributed by atoms with Crippen molar-refractivity contribution >= 4 is 5.69 Å². The van der Waals surface area contributed by atoms with Gasteiger partial charge in [0.2, 0.25) is 0 Å². The molecule has 0 unspecified atom stereocenters. The number of ether oxygens (including phenoxy) is 1. The average Bonchev–Trinajstić information content (AvgIpc) is 3.41. The molecule has 2 aromatic carbocycles. The maximum atomic E-state index is 14.8. The van der Waals surface area contributed by atoms with Gasteiger partial charge < -0.3 is 23.9 Å². The zero-order valence-corrected chi connectivity index (χ0v) is 18.3. The highest BCUT2D eigenvalue weighted by Gasteiger charge is 2.24. The van der Waals surface area contributed by atoms with Gasteiger partial charge in [-0.15, -0.1) is 10.2 Å². The van der Waals surface area contributed by atoms with Crippen molar-refractivity contribution < 1.29 is 18.1 Å². The van der Waals surface area contributed by atoms with Crippen LogP contribution in [0.1, 0.15) is 5.76 Å². The number of nitrogens with zero attached hydrogens (tertiary/aromatic N) is 4. The quantitative estimate of drug-likeness (QED) is 0.431. The second-order valence-electron chi connectivity index (χ2n) is 7.50. The molecule has 166 valence electrons. The van der Waals surface area contributed by atoms with E-state index in [4.69, 9.17) is 13.7 Å². The molecular formula is C23H24FN5O3. The van der Waals surface area contributed by atoms with Crippen LogP contribution in [-0.4, -0.2) is 54.5 Å². The topological polar surface area (TPSA) is 89.5 Å². The SMILES string of the molecule is COc1cc(NCCN(C)C)c(F)cc1-c1nnc(-c2c(-c3ccccc3)noc2C)o1. The van der Waals surface area contributed by atoms with Gasteiger partial charge in [-0.05, 0) is 27.1 Å². The first kappa shape index (κ1) is 21.5. The van der Waals surface area contributed by atoms with E-state index in [1.54, 1.807) is 13.0 Å². The minimum atomic E-state index is -0.439. The van der Waals surface area contributed by atoms with Crippen molar-refractivity contribution in [1.29, 1.82) is 0 Å². The number of benzene rings is 2. The summed E-state index contributed by atoms with van der Waals surface area (Å²) in [5, 5.41) is 15.5. The van der Waals surface area contributed by atoms with Gasteiger partial charge in [0.1, 0.15) is 28.6 Å². The molecule has 0 bridgehead atoms. The lowest BCUT2D eigenvalue weighted by molar-refractivity contribution is 0.399. The maximum Gasteiger partial charge on any atom is 0.254 e. The summed E-state index contributed by atoms with van der Waals surface area (Å²) in [5.74, 6) is 0.880. The van der Waals surface area contributed by atoms with E-state index in [0.29, 0.717) is 40.6 Å². The van der Waals surface area contributed by atoms with Crippen molar-refractivity contribution in [1.82, 2.24) is 20.3 Å². The fraction of sp³-hybridized carbons (Fsp3) is 0.261. The van der Waals surface area contributed by atoms with Gasteiger partial charge in [-0.3, -0.25) is 0 Å². The highest BCUT2D eigenvalue weighted by molar-refractivity contribution is 5.78. The zero-order chi connectivity index (χ0) is 22.7. The molecular weight excluding hydrogens is 413 g/mol. The second kappa shape index (κ2) is 9.19. The van der Waals surface area contributed by atoms with Gasteiger partial charge in [-0.25, -0.2) is 4.39 Å². The number of rotatable bonds is 8. The predicted octanol–water partition coefficient (Wildman–Crippen LogP) is 4.49. The zero-order valence-electron chi connectivity index (χ0n) is 18.3. The van der Waals surface area contributed by atoms with E-state index in [0.717, 1.165) is 12.1 Å². The summed E-state index contributed by atoms with van der Waals surface area (Å²) in [6, 6.07) is 12.5. The third-order valence-electron chi connectivity index (χ3n) is 4.94. The molecule has 4 aromatic rings. The molecule has 0 fully saturated rings. The lowest BCUT2D eigenvalue weighted by Gasteiger charge is -2.14. The van der Waals surface area contributed by atoms with E-state index in [-0.39, 0.29) is 11.8 Å². The minimum absolute atomic E-state index is 0.134. The molecule has 1 N–H and O–H groups in total. The molecule has 9 heteroatoms. The molecule has 0 aliphatic carbocycles. The predicted molar refractivity (Wildman–Crippen MR) is 119 cm³/mol. The fourth-order valence-corrected chi connectivity index (χ4v) is 3.29. The Morgan fingerprint density at radius 2 is 1.84 bits per heavy atom. The molecule has 2 heterocycles. The van der Waals surface area contributed by atoms with Crippen molar-refractivity contribution in [2.45, 2.75) is 6.92 Å². The van der Waals surface area contributed by atoms with Crippen molar-refractivity contribution in [3.8, 4) is 39.9 Å². The highest BCUT2D eigenvalue weighted by atomic mass is 19.1. The van der Waals surface area contributed by atoms with E-state index in [1.807, 2.05) is 49.3 Å². The number of nitrogens with one attached hydrogen (secondary N) is 1. The molecule has 4 rings (SSSR count). The molecule has 0 saturated heterocycles. The van der Waals surface area contributed by atoms with Crippen molar-refractivity contribution in [3.05, 3.63) is 54.0 Å². The van der Waals surface area contributed by atoms with Gasteiger partial charge in [0, 0.05) is 24.7 Å². The van der Waals surface area contributed by atoms with Crippen LogP contribution >= 0.6 is 0 Å². The molecule has 0 radical (unpaired) electrons. The van der Waals surface area contributed by atoms with Crippen LogP contribution in [0.4, 0.5) is 10.1 Å². The maximum absolute atomic E-state index is 14.8. The molecule has 32 heavy (non-hydrogen) atoms. The summed E-state index contributed by atoms with van der Waals surface area (Å²) in [4.78, 5) is 2.01. The largest absolute Gasteiger partial charge is 0.496 e. The van der Waals surface area contributed by atoms with E-state index in [9.17, 15) is 4.39 Å². The van der Waals surface area contributed by atoms with Crippen LogP contribution in [-0.2, 0) is 0 Å². The Morgan fingerprint density at radius 3 is 2.56 bits per heavy atom. The summed E-state index contributed by atoms with van der Waals surface area (Å²) < 4.78 is 31.5. The van der Waals surface area contributed by atoms with Crippen LogP contribution in [0.2, 0.25) is 0 Å². The third kappa shape index (κ3) is 4.33. The average molecular weight is 437 g/mol. The third-order valence-corrected chi connectivity index (χ3v) is 4.94. The summed E-state index contributed by atoms with van der Waals surface area (Å²) in [6.45, 7) is 3.12. The first-order valence-electron chi connectivity index (χ1n) is 10.1. The van der Waals surface area contributed by atoms with Gasteiger partial charge in [-0.2, -0.15) is 0 Å². The number of halogens is 1. The van der Waals surface area contributed by atoms with Gasteiger partial charge in [0.15, 0.2) is 0 Å². The van der Waals surface area contributed by atoms with Crippen LogP contribution < -0.4 is 10.1 Å². The number of anilines is 1. The molecule has 0 spiro atoms. The number of hydrogen-bond donors (Lipinski definition) is 1. The summed E-state index contributed by atoms with van der Waals surface area (Å²) in [5.41, 5.74) is 2.75. The lowest BCUT2D eigenvalue weighted by Crippen LogP contribution is -2.21. The van der Waals surface area contributed by atoms with Gasteiger partial charge >= 0.3 is 0 Å². The molecule has 0 aliphatic heterocycles. The van der Waals surface area contributed by atoms with Crippen molar-refractivity contribution in [3.63, 3.8) is 0 Å². The van der Waals surface area contributed by atoms with Crippen LogP contribution in [0.3, 0.4) is 0 Å². The van der Waals surface area contributed by atoms with Gasteiger partial charge in [-0.1, -0.05) is 35.5 Å². The normalized spacial score (nSPS) is 11.2. The van der Waals surface area contributed by atoms with Crippen LogP contribution in [0.15, 0.2) is 51.4 Å². The van der Waals surface area contributed by atoms with Crippen molar-refractivity contribution in [2.75, 3.05) is 39.6 Å². The number of aryl methyl sites for hydroxylation is 1. The molecule has 8 nitrogen and oxygen atoms in total. The van der Waals surface area contributed by atoms with Crippen molar-refractivity contribution in [2.24, 2.45) is 0 Å². The molecule has 0 aliphatic rings. The monoisotopic (exact) mass is 437 g/mol. The van der Waals surface area contributed by atoms with E-state index in [1.165, 1.54) is 13.2 Å². The minimum Gasteiger partial charge on any atom is -0.496 e. The Kier molecular flexibility index (Phi) is 6.18. The molecule has 0 atom stereocenters. The summed E-state index contributed by atoms with van der Waals surface area (Å²) in [6.07, 6.45) is 0. The Bertz CT molecular complexity index is 1200. The Balaban J connectivity index is 1.68. The number of aromatic nitrogens is 3. The Labute approximate surface area is 185 Å². The highest BCUT2D eigenvalue weighted by Crippen LogP contribution is 2.38. The van der Waals surface area contributed by atoms with Crippen LogP contribution in [0, 0.1) is 12.7 Å². The Hall–Kier alpha value is -3.72. The molecule has 0 saturated carbocycles.